The molecule has 38 rings (SSSR count). The second-order valence-electron chi connectivity index (χ2n) is 34.2. The Hall–Kier alpha value is -11.5. The molecule has 1 aliphatic heterocycles. The lowest BCUT2D eigenvalue weighted by atomic mass is 9.47. The molecule has 446 valence electrons. The molecule has 1 heterocycles. The quantitative estimate of drug-likeness (QED) is 0.161. The molecule has 0 N–H and O–H groups in total. The second-order valence-corrected chi connectivity index (χ2v) is 34.2. The fourth-order valence-electron chi connectivity index (χ4n) is 31.4. The van der Waals surface area contributed by atoms with E-state index in [0.717, 1.165) is 62.9 Å². The van der Waals surface area contributed by atoms with Crippen LogP contribution in [0.4, 0.5) is 0 Å². The number of fused-ring (bicyclic) bond motifs is 8. The first-order valence-electron chi connectivity index (χ1n) is 36.6. The van der Waals surface area contributed by atoms with Gasteiger partial charge in [0.1, 0.15) is 23.0 Å². The Labute approximate surface area is 557 Å². The molecule has 1 saturated heterocycles. The molecule has 0 amide bonds. The van der Waals surface area contributed by atoms with E-state index in [1.807, 2.05) is 28.4 Å². The van der Waals surface area contributed by atoms with Crippen LogP contribution in [0.3, 0.4) is 0 Å². The van der Waals surface area contributed by atoms with Crippen molar-refractivity contribution in [3.63, 3.8) is 0 Å². The van der Waals surface area contributed by atoms with E-state index in [0.29, 0.717) is 25.7 Å². The minimum absolute atomic E-state index is 0.0730. The Kier molecular flexibility index (Phi) is 4.99. The summed E-state index contributed by atoms with van der Waals surface area (Å²) in [4.78, 5) is 2.98. The number of para-hydroxylation sites is 3. The maximum atomic E-state index is 7.05. The number of methoxy groups -OCH3 is 4. The molecule has 2 spiro atoms. The smallest absolute Gasteiger partial charge is 0.125 e. The van der Waals surface area contributed by atoms with Crippen molar-refractivity contribution in [3.8, 4) is 23.0 Å². The molecule has 100 heavy (non-hydrogen) atoms. The standard InChI is InChI=1S/C95H37NO4/c1-96-21-94-85-77-69-59-49-41-33-31-32-35-39-37(33)45-53-47(39)57-51-43(35)44-36(32)40-38-34(31)42(41)50-56-46(38)54-48(40)58-52(44)62-61(51)73-67(57)75-65(53)71(63(69)55(45)49)79(85)81(75)87-83(73)84-74(62)68(58)76-66(54)72-64(56)70(60(50)59)78(77)86(94)80(72)82(76)88(84)95(87,94)93(96)30-19-28-17-26-13-7-11-24(90(26)98-3)15-22-9-6-10-23(89(22)97-2)16-25-12-8-14-27(91(25)99-4)18-29(20-30)92(28)100-5/h6-14,19-20,93H,15-18,21H2,1-5H3. The highest BCUT2D eigenvalue weighted by Crippen LogP contribution is 2.87. The van der Waals surface area contributed by atoms with Gasteiger partial charge >= 0.3 is 0 Å². The Morgan fingerprint density at radius 2 is 0.430 bits per heavy atom. The summed E-state index contributed by atoms with van der Waals surface area (Å²) in [5.41, 5.74) is 16.6. The number of nitrogens with zero attached hydrogens (tertiary/aromatic N) is 1. The monoisotopic (exact) mass is 1260 g/mol. The van der Waals surface area contributed by atoms with Crippen molar-refractivity contribution < 1.29 is 18.9 Å². The fourth-order valence-corrected chi connectivity index (χ4v) is 31.4. The van der Waals surface area contributed by atoms with E-state index < -0.39 is 10.8 Å². The summed E-state index contributed by atoms with van der Waals surface area (Å²) < 4.78 is 26.9. The van der Waals surface area contributed by atoms with Crippen molar-refractivity contribution in [1.29, 1.82) is 0 Å². The molecule has 32 aromatic rings. The number of benzene rings is 22. The SMILES string of the molecule is COc1c2cccc1Cc1cccc(c1OC)Cc1cc(C3N(C)CC45c6c7c8c9c%10c%11c(c%12c%13c4c4c6c6c%14c7c7c8c8c%10c%10c%15c%11c%11c%12c%12c%13c%13c4c4c6c6c%14c%14c7c7c8c%10c8c%10c%15c%11c%11c%12c%12c%13c4c4c6c6c%14c7c8c7c%10c%11c%12c4c67)C935)cc(c1OC)Cc1cccc(c1OC)C2. The summed E-state index contributed by atoms with van der Waals surface area (Å²) in [6.45, 7) is 0.930. The highest BCUT2D eigenvalue weighted by Gasteiger charge is 2.76. The van der Waals surface area contributed by atoms with Gasteiger partial charge in [-0.15, -0.1) is 0 Å². The van der Waals surface area contributed by atoms with Crippen molar-refractivity contribution in [2.45, 2.75) is 42.6 Å². The number of ether oxygens (including phenoxy) is 4. The number of hydrogen-bond acceptors (Lipinski definition) is 5. The molecular weight excluding hydrogens is 1220 g/mol. The van der Waals surface area contributed by atoms with Crippen molar-refractivity contribution in [2.24, 2.45) is 0 Å². The molecule has 0 saturated carbocycles. The predicted octanol–water partition coefficient (Wildman–Crippen LogP) is 22.7. The van der Waals surface area contributed by atoms with Crippen molar-refractivity contribution in [1.82, 2.24) is 4.90 Å². The van der Waals surface area contributed by atoms with E-state index in [2.05, 4.69) is 78.7 Å². The van der Waals surface area contributed by atoms with E-state index in [-0.39, 0.29) is 6.04 Å². The Morgan fingerprint density at radius 1 is 0.250 bits per heavy atom. The van der Waals surface area contributed by atoms with Gasteiger partial charge in [-0.25, -0.2) is 0 Å². The average molecular weight is 1260 g/mol. The van der Waals surface area contributed by atoms with Crippen molar-refractivity contribution in [2.75, 3.05) is 42.0 Å². The molecule has 1 atom stereocenters. The van der Waals surface area contributed by atoms with Gasteiger partial charge in [0.15, 0.2) is 0 Å². The molecule has 0 aromatic heterocycles. The molecule has 5 aliphatic carbocycles. The zero-order chi connectivity index (χ0) is 62.3. The maximum absolute atomic E-state index is 7.05. The van der Waals surface area contributed by atoms with Crippen LogP contribution in [-0.4, -0.2) is 46.9 Å². The van der Waals surface area contributed by atoms with Gasteiger partial charge in [-0.2, -0.15) is 0 Å². The number of hydrogen-bond donors (Lipinski definition) is 0. The zero-order valence-electron chi connectivity index (χ0n) is 54.0. The second kappa shape index (κ2) is 11.4. The van der Waals surface area contributed by atoms with E-state index in [4.69, 9.17) is 18.9 Å². The topological polar surface area (TPSA) is 40.2 Å². The first-order valence-corrected chi connectivity index (χ1v) is 36.6. The maximum Gasteiger partial charge on any atom is 0.125 e. The summed E-state index contributed by atoms with van der Waals surface area (Å²) in [5.74, 6) is 3.74. The normalized spacial score (nSPS) is 20.8. The third kappa shape index (κ3) is 2.96. The van der Waals surface area contributed by atoms with Gasteiger partial charge in [-0.1, -0.05) is 66.7 Å². The van der Waals surface area contributed by atoms with Crippen LogP contribution in [0.15, 0.2) is 66.7 Å². The first-order chi connectivity index (χ1) is 49.5. The average Bonchev–Trinajstić information content (AvgIpc) is 1.38. The molecule has 32 aromatic carbocycles. The third-order valence-corrected chi connectivity index (χ3v) is 32.4. The molecule has 8 bridgehead atoms. The summed E-state index contributed by atoms with van der Waals surface area (Å²) in [6.07, 6.45) is 2.60. The largest absolute Gasteiger partial charge is 0.496 e. The summed E-state index contributed by atoms with van der Waals surface area (Å²) in [7, 11) is 10.1. The van der Waals surface area contributed by atoms with E-state index >= 15 is 0 Å². The summed E-state index contributed by atoms with van der Waals surface area (Å²) >= 11 is 0. The number of likely N-dealkylation sites (N-methyl/N-ethyl adjacent to an activating group) is 1. The van der Waals surface area contributed by atoms with Gasteiger partial charge in [0.05, 0.1) is 39.3 Å². The van der Waals surface area contributed by atoms with Crippen LogP contribution in [0.25, 0.3) is 291 Å². The minimum Gasteiger partial charge on any atom is -0.496 e. The molecule has 5 nitrogen and oxygen atoms in total. The molecule has 1 unspecified atom stereocenters. The molecule has 5 heteroatoms. The lowest BCUT2D eigenvalue weighted by Crippen LogP contribution is -2.52. The number of likely N-dealkylation sites (tertiary alicyclic amines) is 1. The minimum atomic E-state index is -0.533. The Morgan fingerprint density at radius 3 is 0.640 bits per heavy atom. The highest BCUT2D eigenvalue weighted by atomic mass is 16.5. The van der Waals surface area contributed by atoms with Gasteiger partial charge in [0.25, 0.3) is 0 Å². The third-order valence-electron chi connectivity index (χ3n) is 32.4. The van der Waals surface area contributed by atoms with Crippen LogP contribution in [0.2, 0.25) is 0 Å². The Balaban J connectivity index is 0.803. The van der Waals surface area contributed by atoms with Crippen LogP contribution >= 0.6 is 0 Å². The van der Waals surface area contributed by atoms with Crippen molar-refractivity contribution in [3.05, 3.63) is 139 Å². The molecular formula is C95H37NO4. The van der Waals surface area contributed by atoms with Crippen LogP contribution in [0, 0.1) is 0 Å². The lowest BCUT2D eigenvalue weighted by Gasteiger charge is -2.52. The zero-order valence-corrected chi connectivity index (χ0v) is 54.0. The van der Waals surface area contributed by atoms with E-state index in [1.54, 1.807) is 313 Å². The predicted molar refractivity (Wildman–Crippen MR) is 412 cm³/mol. The summed E-state index contributed by atoms with van der Waals surface area (Å²) in [5, 5.41) is 88.2. The summed E-state index contributed by atoms with van der Waals surface area (Å²) in [6, 6.07) is 25.6. The fraction of sp³-hybridized carbons (Fsp3) is 0.137. The molecule has 1 fully saturated rings. The van der Waals surface area contributed by atoms with Crippen LogP contribution < -0.4 is 18.9 Å². The highest BCUT2D eigenvalue weighted by molar-refractivity contribution is 6.82. The van der Waals surface area contributed by atoms with Gasteiger partial charge in [-0.3, -0.25) is 4.90 Å². The number of rotatable bonds is 5. The van der Waals surface area contributed by atoms with Gasteiger partial charge in [-0.05, 0) is 370 Å². The lowest BCUT2D eigenvalue weighted by molar-refractivity contribution is 0.271. The van der Waals surface area contributed by atoms with Gasteiger partial charge in [0.2, 0.25) is 0 Å². The molecule has 0 radical (unpaired) electrons. The van der Waals surface area contributed by atoms with Crippen LogP contribution in [0.5, 0.6) is 23.0 Å². The van der Waals surface area contributed by atoms with E-state index in [1.165, 1.54) is 16.7 Å². The van der Waals surface area contributed by atoms with Gasteiger partial charge < -0.3 is 18.9 Å². The van der Waals surface area contributed by atoms with Gasteiger partial charge in [0, 0.05) is 38.3 Å². The van der Waals surface area contributed by atoms with Crippen LogP contribution in [0.1, 0.15) is 78.4 Å². The molecule has 6 aliphatic rings. The Bertz CT molecular complexity index is 8950. The van der Waals surface area contributed by atoms with Crippen molar-refractivity contribution >= 4 is 291 Å². The first kappa shape index (κ1) is 43.7. The van der Waals surface area contributed by atoms with E-state index in [9.17, 15) is 0 Å². The van der Waals surface area contributed by atoms with Crippen LogP contribution in [-0.2, 0) is 36.5 Å².